The van der Waals surface area contributed by atoms with Crippen LogP contribution in [0.4, 0.5) is 0 Å². The molecule has 9 heteroatoms. The molecule has 1 aromatic rings. The number of furan rings is 1. The van der Waals surface area contributed by atoms with E-state index in [1.54, 1.807) is 6.07 Å². The van der Waals surface area contributed by atoms with E-state index in [4.69, 9.17) is 9.15 Å². The molecule has 0 saturated carbocycles. The van der Waals surface area contributed by atoms with Crippen molar-refractivity contribution in [1.29, 1.82) is 0 Å². The number of hydrogen-bond acceptors (Lipinski definition) is 6. The minimum Gasteiger partial charge on any atom is -0.468 e. The van der Waals surface area contributed by atoms with Gasteiger partial charge in [0.05, 0.1) is 12.9 Å². The van der Waals surface area contributed by atoms with Crippen molar-refractivity contribution in [1.82, 2.24) is 15.5 Å². The molecule has 0 radical (unpaired) electrons. The normalized spacial score (nSPS) is 19.6. The highest BCUT2D eigenvalue weighted by Gasteiger charge is 2.39. The second kappa shape index (κ2) is 8.80. The lowest BCUT2D eigenvalue weighted by Crippen LogP contribution is -2.46. The van der Waals surface area contributed by atoms with Gasteiger partial charge in [0.25, 0.3) is 11.9 Å². The molecular formula is C16H23N3O5S. The molecule has 25 heavy (non-hydrogen) atoms. The van der Waals surface area contributed by atoms with E-state index in [-0.39, 0.29) is 29.6 Å². The fourth-order valence-electron chi connectivity index (χ4n) is 2.77. The van der Waals surface area contributed by atoms with Crippen molar-refractivity contribution in [2.75, 3.05) is 32.2 Å². The lowest BCUT2D eigenvalue weighted by atomic mass is 10.1. The largest absolute Gasteiger partial charge is 0.468 e. The molecule has 2 rings (SSSR count). The van der Waals surface area contributed by atoms with Crippen LogP contribution in [0.25, 0.3) is 0 Å². The summed E-state index contributed by atoms with van der Waals surface area (Å²) in [5, 5.41) is 5.56. The van der Waals surface area contributed by atoms with Crippen molar-refractivity contribution in [2.24, 2.45) is 0 Å². The van der Waals surface area contributed by atoms with E-state index in [0.717, 1.165) is 0 Å². The first-order valence-electron chi connectivity index (χ1n) is 8.00. The average Bonchev–Trinajstić information content (AvgIpc) is 3.22. The Morgan fingerprint density at radius 2 is 2.16 bits per heavy atom. The quantitative estimate of drug-likeness (QED) is 0.725. The van der Waals surface area contributed by atoms with Crippen LogP contribution in [0.2, 0.25) is 0 Å². The van der Waals surface area contributed by atoms with Gasteiger partial charge in [-0.2, -0.15) is 11.8 Å². The van der Waals surface area contributed by atoms with Gasteiger partial charge in [-0.05, 0) is 25.7 Å². The Labute approximate surface area is 150 Å². The number of carbonyl (C=O) groups is 3. The van der Waals surface area contributed by atoms with Gasteiger partial charge in [0.1, 0.15) is 6.04 Å². The molecular weight excluding hydrogens is 346 g/mol. The van der Waals surface area contributed by atoms with Gasteiger partial charge < -0.3 is 24.7 Å². The molecule has 0 aliphatic carbocycles. The highest BCUT2D eigenvalue weighted by atomic mass is 32.2. The van der Waals surface area contributed by atoms with Crippen molar-refractivity contribution < 1.29 is 23.5 Å². The summed E-state index contributed by atoms with van der Waals surface area (Å²) in [5.41, 5.74) is 0. The zero-order valence-corrected chi connectivity index (χ0v) is 15.4. The van der Waals surface area contributed by atoms with Crippen LogP contribution < -0.4 is 15.4 Å². The molecule has 3 amide bonds. The number of carbonyl (C=O) groups excluding carboxylic acids is 3. The lowest BCUT2D eigenvalue weighted by molar-refractivity contribution is -0.136. The minimum atomic E-state index is -0.573. The van der Waals surface area contributed by atoms with E-state index in [1.807, 2.05) is 13.2 Å². The molecule has 0 spiro atoms. The number of hydrogen-bond donors (Lipinski definition) is 2. The van der Waals surface area contributed by atoms with Crippen molar-refractivity contribution in [3.63, 3.8) is 0 Å². The van der Waals surface area contributed by atoms with Crippen molar-refractivity contribution in [3.8, 4) is 5.95 Å². The molecule has 2 atom stereocenters. The number of ether oxygens (including phenoxy) is 1. The molecule has 2 heterocycles. The number of methoxy groups -OCH3 is 1. The summed E-state index contributed by atoms with van der Waals surface area (Å²) in [6.45, 7) is 2.61. The van der Waals surface area contributed by atoms with Crippen LogP contribution in [-0.4, -0.2) is 66.9 Å². The molecule has 1 aliphatic rings. The smallest absolute Gasteiger partial charge is 0.287 e. The fraction of sp³-hybridized carbons (Fsp3) is 0.562. The van der Waals surface area contributed by atoms with E-state index < -0.39 is 11.9 Å². The Morgan fingerprint density at radius 3 is 2.76 bits per heavy atom. The number of amides is 3. The SMILES string of the molecule is CCNC(=O)[C@@H]1C[C@H](NC(=O)c2ccc(OC)o2)CN1C(=O)CSC. The number of rotatable bonds is 7. The molecule has 0 unspecified atom stereocenters. The second-order valence-corrected chi connectivity index (χ2v) is 6.48. The van der Waals surface area contributed by atoms with Gasteiger partial charge >= 0.3 is 0 Å². The third kappa shape index (κ3) is 4.68. The first-order valence-corrected chi connectivity index (χ1v) is 9.40. The number of nitrogens with one attached hydrogen (secondary N) is 2. The maximum atomic E-state index is 12.3. The lowest BCUT2D eigenvalue weighted by Gasteiger charge is -2.23. The van der Waals surface area contributed by atoms with Crippen LogP contribution in [0, 0.1) is 0 Å². The zero-order chi connectivity index (χ0) is 18.4. The van der Waals surface area contributed by atoms with Crippen LogP contribution in [0.3, 0.4) is 0 Å². The minimum absolute atomic E-state index is 0.111. The summed E-state index contributed by atoms with van der Waals surface area (Å²) in [7, 11) is 1.45. The second-order valence-electron chi connectivity index (χ2n) is 5.62. The van der Waals surface area contributed by atoms with Crippen molar-refractivity contribution >= 4 is 29.5 Å². The van der Waals surface area contributed by atoms with E-state index >= 15 is 0 Å². The molecule has 8 nitrogen and oxygen atoms in total. The summed E-state index contributed by atoms with van der Waals surface area (Å²) in [4.78, 5) is 38.3. The van der Waals surface area contributed by atoms with Gasteiger partial charge in [-0.25, -0.2) is 0 Å². The molecule has 0 aromatic carbocycles. The summed E-state index contributed by atoms with van der Waals surface area (Å²) < 4.78 is 10.1. The Morgan fingerprint density at radius 1 is 1.40 bits per heavy atom. The first kappa shape index (κ1) is 19.2. The van der Waals surface area contributed by atoms with Gasteiger partial charge in [-0.1, -0.05) is 0 Å². The van der Waals surface area contributed by atoms with Crippen molar-refractivity contribution in [3.05, 3.63) is 17.9 Å². The van der Waals surface area contributed by atoms with Crippen LogP contribution in [0.1, 0.15) is 23.9 Å². The predicted octanol–water partition coefficient (Wildman–Crippen LogP) is 0.487. The average molecular weight is 369 g/mol. The molecule has 1 aliphatic heterocycles. The summed E-state index contributed by atoms with van der Waals surface area (Å²) >= 11 is 1.40. The summed E-state index contributed by atoms with van der Waals surface area (Å²) in [5.74, 6) is -0.0455. The predicted molar refractivity (Wildman–Crippen MR) is 93.7 cm³/mol. The number of likely N-dealkylation sites (N-methyl/N-ethyl adjacent to an activating group) is 1. The topological polar surface area (TPSA) is 101 Å². The van der Waals surface area contributed by atoms with Gasteiger partial charge in [0, 0.05) is 25.2 Å². The number of likely N-dealkylation sites (tertiary alicyclic amines) is 1. The van der Waals surface area contributed by atoms with Gasteiger partial charge in [-0.15, -0.1) is 0 Å². The van der Waals surface area contributed by atoms with Gasteiger partial charge in [0.2, 0.25) is 11.8 Å². The Bertz CT molecular complexity index is 607. The highest BCUT2D eigenvalue weighted by molar-refractivity contribution is 7.99. The molecule has 0 bridgehead atoms. The van der Waals surface area contributed by atoms with Crippen LogP contribution in [0.5, 0.6) is 5.95 Å². The fourth-order valence-corrected chi connectivity index (χ4v) is 3.18. The van der Waals surface area contributed by atoms with Crippen LogP contribution in [-0.2, 0) is 9.59 Å². The third-order valence-electron chi connectivity index (χ3n) is 3.88. The van der Waals surface area contributed by atoms with E-state index in [0.29, 0.717) is 25.3 Å². The summed E-state index contributed by atoms with van der Waals surface area (Å²) in [6.07, 6.45) is 2.20. The molecule has 1 fully saturated rings. The van der Waals surface area contributed by atoms with E-state index in [1.165, 1.54) is 29.8 Å². The zero-order valence-electron chi connectivity index (χ0n) is 14.5. The van der Waals surface area contributed by atoms with Gasteiger partial charge in [-0.3, -0.25) is 14.4 Å². The summed E-state index contributed by atoms with van der Waals surface area (Å²) in [6, 6.07) is 2.18. The van der Waals surface area contributed by atoms with Gasteiger partial charge in [0.15, 0.2) is 5.76 Å². The first-order chi connectivity index (χ1) is 12.0. The molecule has 138 valence electrons. The Hall–Kier alpha value is -2.16. The van der Waals surface area contributed by atoms with Crippen molar-refractivity contribution in [2.45, 2.75) is 25.4 Å². The van der Waals surface area contributed by atoms with Crippen LogP contribution in [0.15, 0.2) is 16.5 Å². The third-order valence-corrected chi connectivity index (χ3v) is 4.42. The molecule has 1 saturated heterocycles. The number of nitrogens with zero attached hydrogens (tertiary/aromatic N) is 1. The van der Waals surface area contributed by atoms with Crippen LogP contribution >= 0.6 is 11.8 Å². The van der Waals surface area contributed by atoms with E-state index in [9.17, 15) is 14.4 Å². The maximum Gasteiger partial charge on any atom is 0.287 e. The van der Waals surface area contributed by atoms with E-state index in [2.05, 4.69) is 10.6 Å². The monoisotopic (exact) mass is 369 g/mol. The highest BCUT2D eigenvalue weighted by Crippen LogP contribution is 2.21. The Kier molecular flexibility index (Phi) is 6.74. The molecule has 2 N–H and O–H groups in total. The number of thioether (sulfide) groups is 1. The standard InChI is InChI=1S/C16H23N3O5S/c1-4-17-15(21)11-7-10(8-19(11)13(20)9-25-3)18-16(22)12-5-6-14(23-2)24-12/h5-6,10-11H,4,7-9H2,1-3H3,(H,17,21)(H,18,22)/t10-,11-/m0/s1. The molecule has 1 aromatic heterocycles. The maximum absolute atomic E-state index is 12.3. The Balaban J connectivity index is 2.05.